The van der Waals surface area contributed by atoms with Gasteiger partial charge in [-0.3, -0.25) is 4.99 Å². The summed E-state index contributed by atoms with van der Waals surface area (Å²) in [6.45, 7) is 10.2. The zero-order valence-electron chi connectivity index (χ0n) is 13.6. The van der Waals surface area contributed by atoms with Gasteiger partial charge in [-0.2, -0.15) is 0 Å². The van der Waals surface area contributed by atoms with Gasteiger partial charge in [-0.1, -0.05) is 17.7 Å². The van der Waals surface area contributed by atoms with Crippen LogP contribution < -0.4 is 0 Å². The molecule has 2 aromatic rings. The molecule has 3 heteroatoms. The van der Waals surface area contributed by atoms with E-state index < -0.39 is 0 Å². The molecule has 1 heterocycles. The lowest BCUT2D eigenvalue weighted by atomic mass is 10.1. The molecular formula is C18H22N2O. The zero-order chi connectivity index (χ0) is 15.6. The van der Waals surface area contributed by atoms with E-state index in [1.807, 2.05) is 26.0 Å². The quantitative estimate of drug-likeness (QED) is 0.746. The van der Waals surface area contributed by atoms with Gasteiger partial charge >= 0.3 is 0 Å². The first-order valence-corrected chi connectivity index (χ1v) is 7.09. The Morgan fingerprint density at radius 1 is 0.905 bits per heavy atom. The highest BCUT2D eigenvalue weighted by molar-refractivity contribution is 6.01. The molecule has 3 nitrogen and oxygen atoms in total. The molecule has 0 amide bonds. The highest BCUT2D eigenvalue weighted by Gasteiger charge is 2.09. The first-order chi connectivity index (χ1) is 9.92. The zero-order valence-corrected chi connectivity index (χ0v) is 13.6. The molecule has 0 aliphatic carbocycles. The maximum absolute atomic E-state index is 5.81. The van der Waals surface area contributed by atoms with Crippen molar-refractivity contribution in [2.75, 3.05) is 7.05 Å². The van der Waals surface area contributed by atoms with Crippen LogP contribution in [0.15, 0.2) is 38.7 Å². The monoisotopic (exact) mass is 282 g/mol. The van der Waals surface area contributed by atoms with Crippen molar-refractivity contribution in [2.24, 2.45) is 9.98 Å². The summed E-state index contributed by atoms with van der Waals surface area (Å²) in [6.07, 6.45) is 0. The maximum Gasteiger partial charge on any atom is 0.148 e. The van der Waals surface area contributed by atoms with E-state index in [1.165, 1.54) is 16.7 Å². The molecule has 0 aliphatic heterocycles. The molecule has 1 aromatic heterocycles. The van der Waals surface area contributed by atoms with Gasteiger partial charge < -0.3 is 4.42 Å². The van der Waals surface area contributed by atoms with Crippen LogP contribution in [0, 0.1) is 20.8 Å². The fourth-order valence-corrected chi connectivity index (χ4v) is 2.41. The topological polar surface area (TPSA) is 37.9 Å². The molecular weight excluding hydrogens is 260 g/mol. The summed E-state index contributed by atoms with van der Waals surface area (Å²) in [5.41, 5.74) is 6.42. The molecule has 0 radical (unpaired) electrons. The average molecular weight is 282 g/mol. The number of rotatable bonds is 3. The van der Waals surface area contributed by atoms with E-state index in [4.69, 9.17) is 9.41 Å². The smallest absolute Gasteiger partial charge is 0.148 e. The number of aryl methyl sites for hydroxylation is 3. The van der Waals surface area contributed by atoms with Crippen molar-refractivity contribution < 1.29 is 4.42 Å². The third-order valence-electron chi connectivity index (χ3n) is 3.57. The van der Waals surface area contributed by atoms with E-state index in [0.717, 1.165) is 28.6 Å². The Bertz CT molecular complexity index is 698. The van der Waals surface area contributed by atoms with E-state index in [0.29, 0.717) is 0 Å². The largest absolute Gasteiger partial charge is 0.454 e. The van der Waals surface area contributed by atoms with Crippen LogP contribution >= 0.6 is 0 Å². The summed E-state index contributed by atoms with van der Waals surface area (Å²) in [4.78, 5) is 8.89. The molecule has 0 spiro atoms. The van der Waals surface area contributed by atoms with E-state index in [2.05, 4.69) is 37.9 Å². The fourth-order valence-electron chi connectivity index (χ4n) is 2.41. The van der Waals surface area contributed by atoms with Crippen molar-refractivity contribution in [2.45, 2.75) is 34.6 Å². The van der Waals surface area contributed by atoms with Crippen molar-refractivity contribution in [3.05, 3.63) is 52.5 Å². The molecule has 1 aromatic carbocycles. The number of aliphatic imine (C=N–C) groups is 2. The standard InChI is InChI=1S/C18H22N2O/c1-11-9-12(2)18(13(3)10-11)20-15(5)17-8-7-16(21-17)14(4)19-6/h7-10H,1-6H3. The Hall–Kier alpha value is -2.16. The summed E-state index contributed by atoms with van der Waals surface area (Å²) >= 11 is 0. The van der Waals surface area contributed by atoms with Crippen LogP contribution in [-0.4, -0.2) is 18.5 Å². The molecule has 110 valence electrons. The lowest BCUT2D eigenvalue weighted by Gasteiger charge is -2.07. The second-order valence-corrected chi connectivity index (χ2v) is 5.42. The van der Waals surface area contributed by atoms with Gasteiger partial charge in [-0.15, -0.1) is 0 Å². The number of benzene rings is 1. The lowest BCUT2D eigenvalue weighted by molar-refractivity contribution is 0.547. The molecule has 0 aliphatic rings. The molecule has 2 rings (SSSR count). The molecule has 21 heavy (non-hydrogen) atoms. The predicted octanol–water partition coefficient (Wildman–Crippen LogP) is 4.78. The van der Waals surface area contributed by atoms with Crippen LogP contribution in [0.25, 0.3) is 0 Å². The van der Waals surface area contributed by atoms with Gasteiger partial charge in [0.25, 0.3) is 0 Å². The Balaban J connectivity index is 2.40. The third kappa shape index (κ3) is 3.30. The van der Waals surface area contributed by atoms with Crippen LogP contribution in [0.1, 0.15) is 42.1 Å². The second-order valence-electron chi connectivity index (χ2n) is 5.42. The summed E-state index contributed by atoms with van der Waals surface area (Å²) in [5, 5.41) is 0. The summed E-state index contributed by atoms with van der Waals surface area (Å²) < 4.78 is 5.81. The average Bonchev–Trinajstić information content (AvgIpc) is 2.91. The van der Waals surface area contributed by atoms with E-state index in [9.17, 15) is 0 Å². The normalized spacial score (nSPS) is 12.9. The highest BCUT2D eigenvalue weighted by Crippen LogP contribution is 2.26. The molecule has 0 N–H and O–H groups in total. The van der Waals surface area contributed by atoms with Crippen LogP contribution in [0.4, 0.5) is 5.69 Å². The number of furan rings is 1. The fraction of sp³-hybridized carbons (Fsp3) is 0.333. The van der Waals surface area contributed by atoms with Crippen molar-refractivity contribution >= 4 is 17.1 Å². The molecule has 0 bridgehead atoms. The lowest BCUT2D eigenvalue weighted by Crippen LogP contribution is -1.94. The highest BCUT2D eigenvalue weighted by atomic mass is 16.3. The summed E-state index contributed by atoms with van der Waals surface area (Å²) in [6, 6.07) is 8.19. The maximum atomic E-state index is 5.81. The first-order valence-electron chi connectivity index (χ1n) is 7.09. The van der Waals surface area contributed by atoms with Gasteiger partial charge in [-0.05, 0) is 57.9 Å². The third-order valence-corrected chi connectivity index (χ3v) is 3.57. The Morgan fingerprint density at radius 3 is 1.95 bits per heavy atom. The first kappa shape index (κ1) is 15.2. The predicted molar refractivity (Wildman–Crippen MR) is 89.4 cm³/mol. The molecule has 0 unspecified atom stereocenters. The van der Waals surface area contributed by atoms with Crippen molar-refractivity contribution in [3.63, 3.8) is 0 Å². The van der Waals surface area contributed by atoms with Crippen LogP contribution in [-0.2, 0) is 0 Å². The van der Waals surface area contributed by atoms with E-state index >= 15 is 0 Å². The minimum Gasteiger partial charge on any atom is -0.454 e. The summed E-state index contributed by atoms with van der Waals surface area (Å²) in [7, 11) is 1.76. The van der Waals surface area contributed by atoms with Gasteiger partial charge in [0.15, 0.2) is 0 Å². The molecule has 0 saturated carbocycles. The Labute approximate surface area is 126 Å². The minimum atomic E-state index is 0.785. The van der Waals surface area contributed by atoms with Crippen molar-refractivity contribution in [1.29, 1.82) is 0 Å². The van der Waals surface area contributed by atoms with E-state index in [-0.39, 0.29) is 0 Å². The molecule has 0 atom stereocenters. The van der Waals surface area contributed by atoms with Gasteiger partial charge in [0, 0.05) is 7.05 Å². The molecule has 0 saturated heterocycles. The second kappa shape index (κ2) is 6.08. The van der Waals surface area contributed by atoms with Gasteiger partial charge in [0.1, 0.15) is 11.5 Å². The SMILES string of the molecule is CN=C(C)c1ccc(C(C)=Nc2c(C)cc(C)cc2C)o1. The Kier molecular flexibility index (Phi) is 4.41. The van der Waals surface area contributed by atoms with Gasteiger partial charge in [-0.25, -0.2) is 4.99 Å². The van der Waals surface area contributed by atoms with Crippen molar-refractivity contribution in [3.8, 4) is 0 Å². The van der Waals surface area contributed by atoms with Gasteiger partial charge in [0.2, 0.25) is 0 Å². The van der Waals surface area contributed by atoms with Crippen LogP contribution in [0.2, 0.25) is 0 Å². The van der Waals surface area contributed by atoms with Crippen LogP contribution in [0.3, 0.4) is 0 Å². The Morgan fingerprint density at radius 2 is 1.43 bits per heavy atom. The van der Waals surface area contributed by atoms with Crippen LogP contribution in [0.5, 0.6) is 0 Å². The van der Waals surface area contributed by atoms with E-state index in [1.54, 1.807) is 7.05 Å². The summed E-state index contributed by atoms with van der Waals surface area (Å²) in [5.74, 6) is 1.58. The van der Waals surface area contributed by atoms with Crippen molar-refractivity contribution in [1.82, 2.24) is 0 Å². The molecule has 0 fully saturated rings. The minimum absolute atomic E-state index is 0.785. The number of hydrogen-bond donors (Lipinski definition) is 0. The number of nitrogens with zero attached hydrogens (tertiary/aromatic N) is 2. The number of hydrogen-bond acceptors (Lipinski definition) is 3. The van der Waals surface area contributed by atoms with Gasteiger partial charge in [0.05, 0.1) is 17.1 Å².